The van der Waals surface area contributed by atoms with E-state index in [9.17, 15) is 0 Å². The van der Waals surface area contributed by atoms with Gasteiger partial charge in [0.1, 0.15) is 11.9 Å². The SMILES string of the molecule is CN(c1ccccc1)c1nc(N)nc(-c2noc(N3CC[C@H](Oc4ccccc4)C3)n2)n1. The molecule has 10 heteroatoms. The fourth-order valence-electron chi connectivity index (χ4n) is 3.52. The van der Waals surface area contributed by atoms with E-state index in [1.54, 1.807) is 0 Å². The highest BCUT2D eigenvalue weighted by Crippen LogP contribution is 2.26. The first-order valence-electron chi connectivity index (χ1n) is 10.3. The summed E-state index contributed by atoms with van der Waals surface area (Å²) in [5.41, 5.74) is 6.85. The van der Waals surface area contributed by atoms with Crippen molar-refractivity contribution < 1.29 is 9.26 Å². The van der Waals surface area contributed by atoms with Crippen LogP contribution in [0.5, 0.6) is 5.75 Å². The van der Waals surface area contributed by atoms with Gasteiger partial charge in [-0.25, -0.2) is 0 Å². The van der Waals surface area contributed by atoms with Gasteiger partial charge in [0, 0.05) is 25.7 Å². The second-order valence-corrected chi connectivity index (χ2v) is 7.40. The highest BCUT2D eigenvalue weighted by molar-refractivity contribution is 5.59. The first-order valence-corrected chi connectivity index (χ1v) is 10.3. The third kappa shape index (κ3) is 4.15. The zero-order chi connectivity index (χ0) is 21.9. The maximum absolute atomic E-state index is 6.03. The fourth-order valence-corrected chi connectivity index (χ4v) is 3.52. The Hall–Kier alpha value is -4.21. The Labute approximate surface area is 184 Å². The van der Waals surface area contributed by atoms with Crippen molar-refractivity contribution in [2.75, 3.05) is 35.7 Å². The van der Waals surface area contributed by atoms with Crippen LogP contribution in [0.1, 0.15) is 6.42 Å². The highest BCUT2D eigenvalue weighted by Gasteiger charge is 2.28. The van der Waals surface area contributed by atoms with Crippen LogP contribution in [0, 0.1) is 0 Å². The maximum atomic E-state index is 6.03. The van der Waals surface area contributed by atoms with Crippen molar-refractivity contribution in [3.63, 3.8) is 0 Å². The van der Waals surface area contributed by atoms with Crippen LogP contribution in [0.25, 0.3) is 11.6 Å². The van der Waals surface area contributed by atoms with Crippen molar-refractivity contribution in [3.05, 3.63) is 60.7 Å². The van der Waals surface area contributed by atoms with Crippen LogP contribution in [0.15, 0.2) is 65.2 Å². The van der Waals surface area contributed by atoms with Crippen molar-refractivity contribution in [1.82, 2.24) is 25.1 Å². The summed E-state index contributed by atoms with van der Waals surface area (Å²) < 4.78 is 11.5. The van der Waals surface area contributed by atoms with Crippen LogP contribution in [0.4, 0.5) is 23.6 Å². The van der Waals surface area contributed by atoms with Crippen LogP contribution in [-0.2, 0) is 0 Å². The van der Waals surface area contributed by atoms with Crippen molar-refractivity contribution in [3.8, 4) is 17.4 Å². The molecule has 1 aliphatic rings. The molecule has 0 bridgehead atoms. The van der Waals surface area contributed by atoms with Crippen molar-refractivity contribution >= 4 is 23.6 Å². The van der Waals surface area contributed by atoms with E-state index in [1.165, 1.54) is 0 Å². The van der Waals surface area contributed by atoms with E-state index in [2.05, 4.69) is 25.1 Å². The van der Waals surface area contributed by atoms with Crippen LogP contribution in [0.3, 0.4) is 0 Å². The van der Waals surface area contributed by atoms with Gasteiger partial charge in [-0.05, 0) is 24.3 Å². The average Bonchev–Trinajstić information content (AvgIpc) is 3.49. The zero-order valence-electron chi connectivity index (χ0n) is 17.5. The van der Waals surface area contributed by atoms with Crippen molar-refractivity contribution in [1.29, 1.82) is 0 Å². The zero-order valence-corrected chi connectivity index (χ0v) is 17.5. The molecule has 162 valence electrons. The molecule has 1 atom stereocenters. The summed E-state index contributed by atoms with van der Waals surface area (Å²) in [5.74, 6) is 1.83. The number of benzene rings is 2. The number of hydrogen-bond acceptors (Lipinski definition) is 10. The molecule has 0 unspecified atom stereocenters. The lowest BCUT2D eigenvalue weighted by Crippen LogP contribution is -2.24. The Balaban J connectivity index is 1.32. The molecule has 2 aromatic heterocycles. The molecule has 3 heterocycles. The molecule has 4 aromatic rings. The minimum atomic E-state index is 0.0479. The van der Waals surface area contributed by atoms with Gasteiger partial charge in [-0.2, -0.15) is 19.9 Å². The molecule has 0 saturated carbocycles. The molecular weight excluding hydrogens is 408 g/mol. The van der Waals surface area contributed by atoms with Gasteiger partial charge in [-0.15, -0.1) is 0 Å². The predicted molar refractivity (Wildman–Crippen MR) is 120 cm³/mol. The van der Waals surface area contributed by atoms with E-state index in [1.807, 2.05) is 77.5 Å². The summed E-state index contributed by atoms with van der Waals surface area (Å²) in [6.45, 7) is 1.40. The molecule has 2 aromatic carbocycles. The van der Waals surface area contributed by atoms with E-state index in [0.29, 0.717) is 18.5 Å². The molecule has 2 N–H and O–H groups in total. The molecule has 1 saturated heterocycles. The van der Waals surface area contributed by atoms with E-state index < -0.39 is 0 Å². The number of hydrogen-bond donors (Lipinski definition) is 1. The molecule has 0 radical (unpaired) electrons. The Kier molecular flexibility index (Phi) is 5.24. The van der Waals surface area contributed by atoms with Crippen molar-refractivity contribution in [2.45, 2.75) is 12.5 Å². The number of nitrogen functional groups attached to an aromatic ring is 1. The number of anilines is 4. The first kappa shape index (κ1) is 19.7. The smallest absolute Gasteiger partial charge is 0.324 e. The summed E-state index contributed by atoms with van der Waals surface area (Å²) >= 11 is 0. The number of para-hydroxylation sites is 2. The second kappa shape index (κ2) is 8.50. The normalized spacial score (nSPS) is 15.7. The van der Waals surface area contributed by atoms with E-state index in [0.717, 1.165) is 24.4 Å². The number of ether oxygens (including phenoxy) is 1. The van der Waals surface area contributed by atoms with Crippen LogP contribution >= 0.6 is 0 Å². The topological polar surface area (TPSA) is 119 Å². The molecule has 5 rings (SSSR count). The van der Waals surface area contributed by atoms with Crippen LogP contribution in [-0.4, -0.2) is 51.3 Å². The van der Waals surface area contributed by atoms with Gasteiger partial charge in [-0.3, -0.25) is 0 Å². The summed E-state index contributed by atoms with van der Waals surface area (Å²) in [5, 5.41) is 4.06. The predicted octanol–water partition coefficient (Wildman–Crippen LogP) is 2.93. The molecule has 1 aliphatic heterocycles. The van der Waals surface area contributed by atoms with Gasteiger partial charge < -0.3 is 24.8 Å². The standard InChI is InChI=1S/C22H22N8O2/c1-29(15-8-4-2-5-9-15)21-25-18(24-20(23)27-21)19-26-22(32-28-19)30-13-12-17(14-30)31-16-10-6-3-7-11-16/h2-11,17H,12-14H2,1H3,(H2,23,24,25,27)/t17-/m0/s1. The van der Waals surface area contributed by atoms with Crippen molar-refractivity contribution in [2.24, 2.45) is 0 Å². The lowest BCUT2D eigenvalue weighted by molar-refractivity contribution is 0.224. The number of rotatable bonds is 6. The van der Waals surface area contributed by atoms with E-state index in [-0.39, 0.29) is 23.7 Å². The Morgan fingerprint density at radius 1 is 0.969 bits per heavy atom. The largest absolute Gasteiger partial charge is 0.489 e. The van der Waals surface area contributed by atoms with Crippen LogP contribution < -0.4 is 20.3 Å². The molecule has 1 fully saturated rings. The lowest BCUT2D eigenvalue weighted by Gasteiger charge is -2.17. The van der Waals surface area contributed by atoms with E-state index >= 15 is 0 Å². The van der Waals surface area contributed by atoms with Gasteiger partial charge in [0.2, 0.25) is 23.5 Å². The van der Waals surface area contributed by atoms with Gasteiger partial charge in [0.25, 0.3) is 0 Å². The molecular formula is C22H22N8O2. The maximum Gasteiger partial charge on any atom is 0.324 e. The number of aromatic nitrogens is 5. The van der Waals surface area contributed by atoms with E-state index in [4.69, 9.17) is 15.0 Å². The van der Waals surface area contributed by atoms with Gasteiger partial charge in [-0.1, -0.05) is 41.6 Å². The molecule has 10 nitrogen and oxygen atoms in total. The Morgan fingerprint density at radius 2 is 1.72 bits per heavy atom. The monoisotopic (exact) mass is 430 g/mol. The number of nitrogens with zero attached hydrogens (tertiary/aromatic N) is 7. The summed E-state index contributed by atoms with van der Waals surface area (Å²) in [6.07, 6.45) is 0.906. The molecule has 0 amide bonds. The van der Waals surface area contributed by atoms with Gasteiger partial charge >= 0.3 is 6.01 Å². The first-order chi connectivity index (χ1) is 15.7. The quantitative estimate of drug-likeness (QED) is 0.489. The Bertz CT molecular complexity index is 1190. The minimum absolute atomic E-state index is 0.0479. The molecule has 32 heavy (non-hydrogen) atoms. The molecule has 0 spiro atoms. The lowest BCUT2D eigenvalue weighted by atomic mass is 10.3. The van der Waals surface area contributed by atoms with Crippen LogP contribution in [0.2, 0.25) is 0 Å². The fraction of sp³-hybridized carbons (Fsp3) is 0.227. The second-order valence-electron chi connectivity index (χ2n) is 7.40. The van der Waals surface area contributed by atoms with Gasteiger partial charge in [0.05, 0.1) is 6.54 Å². The highest BCUT2D eigenvalue weighted by atomic mass is 16.5. The summed E-state index contributed by atoms with van der Waals surface area (Å²) in [4.78, 5) is 21.2. The Morgan fingerprint density at radius 3 is 2.50 bits per heavy atom. The molecule has 0 aliphatic carbocycles. The summed E-state index contributed by atoms with van der Waals surface area (Å²) in [7, 11) is 1.85. The summed E-state index contributed by atoms with van der Waals surface area (Å²) in [6, 6.07) is 19.9. The average molecular weight is 430 g/mol. The third-order valence-electron chi connectivity index (χ3n) is 5.16. The number of nitrogens with two attached hydrogens (primary N) is 1. The minimum Gasteiger partial charge on any atom is -0.489 e. The third-order valence-corrected chi connectivity index (χ3v) is 5.16. The van der Waals surface area contributed by atoms with Gasteiger partial charge in [0.15, 0.2) is 0 Å².